The summed E-state index contributed by atoms with van der Waals surface area (Å²) in [5.74, 6) is -2.12. The van der Waals surface area contributed by atoms with Gasteiger partial charge in [-0.1, -0.05) is 89.2 Å². The van der Waals surface area contributed by atoms with Gasteiger partial charge in [0.1, 0.15) is 5.56 Å². The molecule has 0 bridgehead atoms. The number of ether oxygens (including phenoxy) is 3. The molecule has 0 aliphatic carbocycles. The Morgan fingerprint density at radius 3 is 1.95 bits per heavy atom. The molecule has 1 heterocycles. The number of hydrogen-bond donors (Lipinski definition) is 0. The Balaban J connectivity index is 1.59. The molecule has 1 aliphatic heterocycles. The van der Waals surface area contributed by atoms with Crippen molar-refractivity contribution in [1.82, 2.24) is 0 Å². The fourth-order valence-electron chi connectivity index (χ4n) is 4.35. The molecule has 7 heteroatoms. The molecule has 0 unspecified atom stereocenters. The summed E-state index contributed by atoms with van der Waals surface area (Å²) in [5, 5.41) is 0. The minimum Gasteiger partial charge on any atom is -0.487 e. The van der Waals surface area contributed by atoms with Crippen LogP contribution in [0.4, 0.5) is 17.6 Å². The molecule has 208 valence electrons. The molecule has 3 rings (SSSR count). The molecule has 0 saturated carbocycles. The zero-order valence-electron chi connectivity index (χ0n) is 22.4. The van der Waals surface area contributed by atoms with Crippen LogP contribution in [-0.2, 0) is 9.47 Å². The lowest BCUT2D eigenvalue weighted by Crippen LogP contribution is -2.27. The second-order valence-electron chi connectivity index (χ2n) is 9.81. The summed E-state index contributed by atoms with van der Waals surface area (Å²) in [7, 11) is 0. The first-order valence-electron chi connectivity index (χ1n) is 13.8. The van der Waals surface area contributed by atoms with E-state index >= 15 is 0 Å². The van der Waals surface area contributed by atoms with Crippen LogP contribution in [0.2, 0.25) is 0 Å². The van der Waals surface area contributed by atoms with Crippen LogP contribution in [0.1, 0.15) is 101 Å². The smallest absolute Gasteiger partial charge is 0.205 e. The first-order valence-corrected chi connectivity index (χ1v) is 13.8. The molecule has 0 amide bonds. The van der Waals surface area contributed by atoms with Crippen molar-refractivity contribution in [3.05, 3.63) is 64.2 Å². The van der Waals surface area contributed by atoms with Gasteiger partial charge in [0.05, 0.1) is 19.8 Å². The fraction of sp³-hybridized carbons (Fsp3) is 0.548. The highest BCUT2D eigenvalue weighted by Gasteiger charge is 2.26. The summed E-state index contributed by atoms with van der Waals surface area (Å²) in [6, 6.07) is 6.78. The highest BCUT2D eigenvalue weighted by Crippen LogP contribution is 2.30. The van der Waals surface area contributed by atoms with Gasteiger partial charge in [-0.05, 0) is 25.0 Å². The lowest BCUT2D eigenvalue weighted by molar-refractivity contribution is -0.206. The van der Waals surface area contributed by atoms with Crippen molar-refractivity contribution in [3.63, 3.8) is 0 Å². The maximum Gasteiger partial charge on any atom is 0.205 e. The summed E-state index contributed by atoms with van der Waals surface area (Å²) >= 11 is 0. The quantitative estimate of drug-likeness (QED) is 0.111. The molecular weight excluding hydrogens is 496 g/mol. The lowest BCUT2D eigenvalue weighted by Gasteiger charge is -2.29. The predicted molar refractivity (Wildman–Crippen MR) is 140 cm³/mol. The number of halogens is 4. The zero-order valence-corrected chi connectivity index (χ0v) is 22.4. The van der Waals surface area contributed by atoms with Crippen molar-refractivity contribution >= 4 is 0 Å². The van der Waals surface area contributed by atoms with Crippen molar-refractivity contribution in [2.45, 2.75) is 84.3 Å². The van der Waals surface area contributed by atoms with Crippen molar-refractivity contribution in [1.29, 1.82) is 0 Å². The molecule has 3 nitrogen and oxygen atoms in total. The predicted octanol–water partition coefficient (Wildman–Crippen LogP) is 8.62. The van der Waals surface area contributed by atoms with Crippen molar-refractivity contribution in [2.75, 3.05) is 19.8 Å². The van der Waals surface area contributed by atoms with Crippen LogP contribution in [0.25, 0.3) is 0 Å². The number of benzene rings is 2. The van der Waals surface area contributed by atoms with Crippen molar-refractivity contribution < 1.29 is 31.8 Å². The first-order chi connectivity index (χ1) is 18.5. The van der Waals surface area contributed by atoms with Gasteiger partial charge >= 0.3 is 0 Å². The van der Waals surface area contributed by atoms with E-state index in [2.05, 4.69) is 25.7 Å². The number of unbranched alkanes of at least 4 members (excludes halogenated alkanes) is 7. The SMILES string of the molecule is CCCCCCCCOc1c(F)c(F)c(C#Cc2ccc(C3OCC(CCCCC)CO3)cc2)c(F)c1F. The monoisotopic (exact) mass is 534 g/mol. The molecule has 0 radical (unpaired) electrons. The Kier molecular flexibility index (Phi) is 12.4. The highest BCUT2D eigenvalue weighted by atomic mass is 19.2. The van der Waals surface area contributed by atoms with E-state index < -0.39 is 40.9 Å². The van der Waals surface area contributed by atoms with E-state index in [-0.39, 0.29) is 6.61 Å². The Hall–Kier alpha value is -2.56. The minimum absolute atomic E-state index is 0.0237. The molecule has 1 saturated heterocycles. The van der Waals surface area contributed by atoms with Crippen LogP contribution in [0.5, 0.6) is 5.75 Å². The Bertz CT molecular complexity index is 1040. The molecule has 1 fully saturated rings. The van der Waals surface area contributed by atoms with Gasteiger partial charge in [0.25, 0.3) is 0 Å². The summed E-state index contributed by atoms with van der Waals surface area (Å²) in [6.07, 6.45) is 9.76. The van der Waals surface area contributed by atoms with Gasteiger partial charge in [-0.15, -0.1) is 0 Å². The second-order valence-corrected chi connectivity index (χ2v) is 9.81. The first kappa shape index (κ1) is 30.0. The molecule has 0 aromatic heterocycles. The van der Waals surface area contributed by atoms with Crippen LogP contribution in [-0.4, -0.2) is 19.8 Å². The number of rotatable bonds is 13. The van der Waals surface area contributed by atoms with E-state index in [1.54, 1.807) is 24.3 Å². The standard InChI is InChI=1S/C31H38F4O3/c1-3-5-7-8-9-11-19-36-30-28(34)26(32)25(27(33)29(30)35)18-15-22-13-16-24(17-14-22)31-37-20-23(21-38-31)12-10-6-4-2/h13-14,16-17,23,31H,3-12,19-21H2,1-2H3. The van der Waals surface area contributed by atoms with Crippen LogP contribution >= 0.6 is 0 Å². The van der Waals surface area contributed by atoms with Gasteiger partial charge in [0.15, 0.2) is 23.7 Å². The largest absolute Gasteiger partial charge is 0.487 e. The van der Waals surface area contributed by atoms with Gasteiger partial charge < -0.3 is 14.2 Å². The maximum absolute atomic E-state index is 14.6. The fourth-order valence-corrected chi connectivity index (χ4v) is 4.35. The van der Waals surface area contributed by atoms with Crippen LogP contribution in [0.3, 0.4) is 0 Å². The van der Waals surface area contributed by atoms with Gasteiger partial charge in [0.2, 0.25) is 11.6 Å². The van der Waals surface area contributed by atoms with E-state index in [4.69, 9.17) is 14.2 Å². The van der Waals surface area contributed by atoms with Crippen LogP contribution in [0, 0.1) is 41.0 Å². The van der Waals surface area contributed by atoms with Crippen molar-refractivity contribution in [2.24, 2.45) is 5.92 Å². The normalized spacial score (nSPS) is 17.2. The van der Waals surface area contributed by atoms with Gasteiger partial charge in [0, 0.05) is 17.0 Å². The third-order valence-corrected chi connectivity index (χ3v) is 6.66. The average molecular weight is 535 g/mol. The summed E-state index contributed by atoms with van der Waals surface area (Å²) < 4.78 is 74.8. The average Bonchev–Trinajstić information content (AvgIpc) is 2.94. The number of hydrogen-bond acceptors (Lipinski definition) is 3. The molecule has 0 spiro atoms. The van der Waals surface area contributed by atoms with Crippen LogP contribution < -0.4 is 4.74 Å². The van der Waals surface area contributed by atoms with Gasteiger partial charge in [-0.2, -0.15) is 8.78 Å². The minimum atomic E-state index is -1.57. The Morgan fingerprint density at radius 2 is 1.32 bits per heavy atom. The summed E-state index contributed by atoms with van der Waals surface area (Å²) in [6.45, 7) is 5.51. The Labute approximate surface area is 223 Å². The molecule has 1 aliphatic rings. The van der Waals surface area contributed by atoms with E-state index in [9.17, 15) is 17.6 Å². The molecular formula is C31H38F4O3. The van der Waals surface area contributed by atoms with Gasteiger partial charge in [-0.25, -0.2) is 8.78 Å². The molecule has 0 atom stereocenters. The summed E-state index contributed by atoms with van der Waals surface area (Å²) in [4.78, 5) is 0. The van der Waals surface area contributed by atoms with E-state index in [1.165, 1.54) is 12.8 Å². The highest BCUT2D eigenvalue weighted by molar-refractivity contribution is 5.47. The molecule has 0 N–H and O–H groups in total. The Morgan fingerprint density at radius 1 is 0.737 bits per heavy atom. The topological polar surface area (TPSA) is 27.7 Å². The third kappa shape index (κ3) is 8.47. The van der Waals surface area contributed by atoms with E-state index in [0.717, 1.165) is 50.5 Å². The van der Waals surface area contributed by atoms with E-state index in [1.807, 2.05) is 0 Å². The second kappa shape index (κ2) is 15.8. The zero-order chi connectivity index (χ0) is 27.3. The van der Waals surface area contributed by atoms with E-state index in [0.29, 0.717) is 31.1 Å². The van der Waals surface area contributed by atoms with Gasteiger partial charge in [-0.3, -0.25) is 0 Å². The molecule has 2 aromatic carbocycles. The van der Waals surface area contributed by atoms with Crippen molar-refractivity contribution in [3.8, 4) is 17.6 Å². The molecule has 2 aromatic rings. The third-order valence-electron chi connectivity index (χ3n) is 6.66. The lowest BCUT2D eigenvalue weighted by atomic mass is 10.0. The molecule has 38 heavy (non-hydrogen) atoms. The maximum atomic E-state index is 14.6. The summed E-state index contributed by atoms with van der Waals surface area (Å²) in [5.41, 5.74) is 0.248. The van der Waals surface area contributed by atoms with Crippen LogP contribution in [0.15, 0.2) is 24.3 Å².